The van der Waals surface area contributed by atoms with Crippen LogP contribution in [0.1, 0.15) is 26.3 Å². The molecule has 0 spiro atoms. The van der Waals surface area contributed by atoms with E-state index in [-0.39, 0.29) is 12.5 Å². The number of halogens is 1. The number of benzene rings is 1. The van der Waals surface area contributed by atoms with E-state index in [1.165, 1.54) is 0 Å². The molecular weight excluding hydrogens is 336 g/mol. The molecule has 0 unspecified atom stereocenters. The Bertz CT molecular complexity index is 512. The Morgan fingerprint density at radius 1 is 1.29 bits per heavy atom. The zero-order valence-corrected chi connectivity index (χ0v) is 14.4. The van der Waals surface area contributed by atoms with E-state index < -0.39 is 11.7 Å². The molecule has 21 heavy (non-hydrogen) atoms. The zero-order valence-electron chi connectivity index (χ0n) is 12.8. The van der Waals surface area contributed by atoms with Gasteiger partial charge in [0.2, 0.25) is 5.91 Å². The predicted octanol–water partition coefficient (Wildman–Crippen LogP) is 2.93. The van der Waals surface area contributed by atoms with Gasteiger partial charge in [0, 0.05) is 18.1 Å². The van der Waals surface area contributed by atoms with Crippen molar-refractivity contribution in [3.05, 3.63) is 34.3 Å². The third-order valence-corrected chi connectivity index (χ3v) is 3.35. The molecule has 5 nitrogen and oxygen atoms in total. The van der Waals surface area contributed by atoms with Gasteiger partial charge in [0.15, 0.2) is 0 Å². The van der Waals surface area contributed by atoms with Gasteiger partial charge in [-0.2, -0.15) is 0 Å². The van der Waals surface area contributed by atoms with E-state index in [2.05, 4.69) is 21.2 Å². The minimum Gasteiger partial charge on any atom is -0.444 e. The molecule has 116 valence electrons. The van der Waals surface area contributed by atoms with Crippen molar-refractivity contribution in [1.29, 1.82) is 0 Å². The first-order chi connectivity index (χ1) is 9.69. The van der Waals surface area contributed by atoms with E-state index in [0.29, 0.717) is 6.54 Å². The van der Waals surface area contributed by atoms with Crippen LogP contribution in [0.2, 0.25) is 0 Å². The van der Waals surface area contributed by atoms with Crippen LogP contribution in [0.4, 0.5) is 4.79 Å². The van der Waals surface area contributed by atoms with E-state index in [0.717, 1.165) is 10.0 Å². The van der Waals surface area contributed by atoms with Crippen molar-refractivity contribution in [3.63, 3.8) is 0 Å². The first-order valence-electron chi connectivity index (χ1n) is 6.63. The Labute approximate surface area is 133 Å². The molecule has 1 aromatic carbocycles. The molecule has 0 aliphatic rings. The molecule has 0 aromatic heterocycles. The van der Waals surface area contributed by atoms with Gasteiger partial charge in [0.05, 0.1) is 0 Å². The number of hydrogen-bond acceptors (Lipinski definition) is 3. The maximum atomic E-state index is 12.0. The summed E-state index contributed by atoms with van der Waals surface area (Å²) in [7, 11) is 1.69. The van der Waals surface area contributed by atoms with Crippen LogP contribution in [0.15, 0.2) is 28.7 Å². The van der Waals surface area contributed by atoms with E-state index in [9.17, 15) is 9.59 Å². The van der Waals surface area contributed by atoms with Crippen LogP contribution >= 0.6 is 15.9 Å². The lowest BCUT2D eigenvalue weighted by Crippen LogP contribution is -2.40. The molecule has 0 bridgehead atoms. The molecule has 0 saturated heterocycles. The summed E-state index contributed by atoms with van der Waals surface area (Å²) in [5.74, 6) is -0.184. The highest BCUT2D eigenvalue weighted by atomic mass is 79.9. The van der Waals surface area contributed by atoms with Crippen molar-refractivity contribution in [3.8, 4) is 0 Å². The van der Waals surface area contributed by atoms with Gasteiger partial charge in [-0.25, -0.2) is 4.79 Å². The highest BCUT2D eigenvalue weighted by Gasteiger charge is 2.17. The van der Waals surface area contributed by atoms with Gasteiger partial charge in [0.1, 0.15) is 12.1 Å². The highest BCUT2D eigenvalue weighted by molar-refractivity contribution is 9.10. The number of carbonyl (C=O) groups excluding carboxylic acids is 2. The van der Waals surface area contributed by atoms with Crippen molar-refractivity contribution in [2.45, 2.75) is 32.9 Å². The molecule has 0 saturated carbocycles. The highest BCUT2D eigenvalue weighted by Crippen LogP contribution is 2.17. The molecule has 6 heteroatoms. The van der Waals surface area contributed by atoms with E-state index in [4.69, 9.17) is 4.74 Å². The minimum atomic E-state index is -0.592. The smallest absolute Gasteiger partial charge is 0.408 e. The van der Waals surface area contributed by atoms with Gasteiger partial charge in [-0.3, -0.25) is 4.79 Å². The summed E-state index contributed by atoms with van der Waals surface area (Å²) in [6.07, 6.45) is -0.592. The molecule has 1 rings (SSSR count). The summed E-state index contributed by atoms with van der Waals surface area (Å²) in [5.41, 5.74) is 0.430. The number of rotatable bonds is 4. The van der Waals surface area contributed by atoms with Crippen LogP contribution in [-0.4, -0.2) is 36.1 Å². The van der Waals surface area contributed by atoms with Crippen molar-refractivity contribution >= 4 is 27.9 Å². The average molecular weight is 357 g/mol. The number of hydrogen-bond donors (Lipinski definition) is 1. The van der Waals surface area contributed by atoms with Gasteiger partial charge in [-0.1, -0.05) is 34.1 Å². The maximum absolute atomic E-state index is 12.0. The van der Waals surface area contributed by atoms with Crippen LogP contribution in [0.3, 0.4) is 0 Å². The molecule has 0 aliphatic carbocycles. The number of amides is 2. The van der Waals surface area contributed by atoms with Crippen LogP contribution in [0.5, 0.6) is 0 Å². The second kappa shape index (κ2) is 7.45. The predicted molar refractivity (Wildman–Crippen MR) is 84.9 cm³/mol. The monoisotopic (exact) mass is 356 g/mol. The standard InChI is InChI=1S/C15H21BrN2O3/c1-15(2,3)21-14(20)17-9-13(19)18(4)10-11-7-5-6-8-12(11)16/h5-8H,9-10H2,1-4H3,(H,17,20). The van der Waals surface area contributed by atoms with E-state index in [1.54, 1.807) is 32.7 Å². The van der Waals surface area contributed by atoms with Crippen LogP contribution in [-0.2, 0) is 16.1 Å². The largest absolute Gasteiger partial charge is 0.444 e. The van der Waals surface area contributed by atoms with Gasteiger partial charge in [-0.15, -0.1) is 0 Å². The average Bonchev–Trinajstić information content (AvgIpc) is 2.36. The molecule has 0 radical (unpaired) electrons. The van der Waals surface area contributed by atoms with Crippen molar-refractivity contribution in [2.24, 2.45) is 0 Å². The van der Waals surface area contributed by atoms with Crippen molar-refractivity contribution in [2.75, 3.05) is 13.6 Å². The molecular formula is C15H21BrN2O3. The Hall–Kier alpha value is -1.56. The van der Waals surface area contributed by atoms with Gasteiger partial charge >= 0.3 is 6.09 Å². The lowest BCUT2D eigenvalue weighted by atomic mass is 10.2. The molecule has 1 N–H and O–H groups in total. The summed E-state index contributed by atoms with van der Waals surface area (Å²) in [6.45, 7) is 5.69. The first kappa shape index (κ1) is 17.5. The third-order valence-electron chi connectivity index (χ3n) is 2.57. The fraction of sp³-hybridized carbons (Fsp3) is 0.467. The molecule has 0 heterocycles. The minimum absolute atomic E-state index is 0.0874. The Kier molecular flexibility index (Phi) is 6.20. The molecule has 2 amide bonds. The number of nitrogens with zero attached hydrogens (tertiary/aromatic N) is 1. The topological polar surface area (TPSA) is 58.6 Å². The second-order valence-corrected chi connectivity index (χ2v) is 6.55. The second-order valence-electron chi connectivity index (χ2n) is 5.70. The number of ether oxygens (including phenoxy) is 1. The van der Waals surface area contributed by atoms with Gasteiger partial charge in [-0.05, 0) is 32.4 Å². The quantitative estimate of drug-likeness (QED) is 0.902. The molecule has 0 aliphatic heterocycles. The van der Waals surface area contributed by atoms with E-state index >= 15 is 0 Å². The number of nitrogens with one attached hydrogen (secondary N) is 1. The summed E-state index contributed by atoms with van der Waals surface area (Å²) < 4.78 is 6.03. The molecule has 0 fully saturated rings. The summed E-state index contributed by atoms with van der Waals surface area (Å²) in [4.78, 5) is 25.0. The Morgan fingerprint density at radius 3 is 2.48 bits per heavy atom. The van der Waals surface area contributed by atoms with Gasteiger partial charge < -0.3 is 15.0 Å². The number of likely N-dealkylation sites (N-methyl/N-ethyl adjacent to an activating group) is 1. The van der Waals surface area contributed by atoms with Gasteiger partial charge in [0.25, 0.3) is 0 Å². The zero-order chi connectivity index (χ0) is 16.0. The van der Waals surface area contributed by atoms with Crippen LogP contribution in [0, 0.1) is 0 Å². The maximum Gasteiger partial charge on any atom is 0.408 e. The first-order valence-corrected chi connectivity index (χ1v) is 7.42. The summed E-state index contributed by atoms with van der Waals surface area (Å²) >= 11 is 3.44. The lowest BCUT2D eigenvalue weighted by molar-refractivity contribution is -0.129. The SMILES string of the molecule is CN(Cc1ccccc1Br)C(=O)CNC(=O)OC(C)(C)C. The molecule has 0 atom stereocenters. The summed E-state index contributed by atoms with van der Waals surface area (Å²) in [5, 5.41) is 2.46. The van der Waals surface area contributed by atoms with Crippen LogP contribution in [0.25, 0.3) is 0 Å². The number of alkyl carbamates (subject to hydrolysis) is 1. The fourth-order valence-corrected chi connectivity index (χ4v) is 1.98. The molecule has 1 aromatic rings. The van der Waals surface area contributed by atoms with Crippen LogP contribution < -0.4 is 5.32 Å². The lowest BCUT2D eigenvalue weighted by Gasteiger charge is -2.21. The van der Waals surface area contributed by atoms with E-state index in [1.807, 2.05) is 24.3 Å². The normalized spacial score (nSPS) is 10.9. The van der Waals surface area contributed by atoms with Crippen molar-refractivity contribution in [1.82, 2.24) is 10.2 Å². The number of carbonyl (C=O) groups is 2. The summed E-state index contributed by atoms with van der Waals surface area (Å²) in [6, 6.07) is 7.69. The Morgan fingerprint density at radius 2 is 1.90 bits per heavy atom. The fourth-order valence-electron chi connectivity index (χ4n) is 1.57. The van der Waals surface area contributed by atoms with Crippen molar-refractivity contribution < 1.29 is 14.3 Å². The third kappa shape index (κ3) is 6.62. The Balaban J connectivity index is 2.45.